The van der Waals surface area contributed by atoms with Gasteiger partial charge in [-0.2, -0.15) is 0 Å². The minimum absolute atomic E-state index is 0.162. The van der Waals surface area contributed by atoms with Crippen LogP contribution in [0, 0.1) is 0 Å². The molecule has 0 radical (unpaired) electrons. The SMILES string of the molecule is CC1(I)CNc2cccc(CNc3ccccn3)c21. The monoisotopic (exact) mass is 365 g/mol. The van der Waals surface area contributed by atoms with E-state index < -0.39 is 0 Å². The maximum atomic E-state index is 4.30. The van der Waals surface area contributed by atoms with Crippen molar-refractivity contribution in [1.29, 1.82) is 0 Å². The third kappa shape index (κ3) is 2.54. The summed E-state index contributed by atoms with van der Waals surface area (Å²) in [5, 5.41) is 6.86. The normalized spacial score (nSPS) is 20.7. The standard InChI is InChI=1S/C15H16IN3/c1-15(16)10-19-12-6-4-5-11(14(12)15)9-18-13-7-2-3-8-17-13/h2-8,19H,9-10H2,1H3,(H,17,18). The van der Waals surface area contributed by atoms with Crippen LogP contribution in [0.15, 0.2) is 42.6 Å². The Hall–Kier alpha value is -1.30. The number of nitrogens with zero attached hydrogens (tertiary/aromatic N) is 1. The van der Waals surface area contributed by atoms with Gasteiger partial charge in [0.05, 0.1) is 3.42 Å². The number of fused-ring (bicyclic) bond motifs is 1. The Morgan fingerprint density at radius 2 is 2.21 bits per heavy atom. The topological polar surface area (TPSA) is 37.0 Å². The lowest BCUT2D eigenvalue weighted by Gasteiger charge is -2.19. The molecule has 1 unspecified atom stereocenters. The summed E-state index contributed by atoms with van der Waals surface area (Å²) < 4.78 is 0.162. The molecule has 4 heteroatoms. The summed E-state index contributed by atoms with van der Waals surface area (Å²) in [5.74, 6) is 0.918. The number of benzene rings is 1. The van der Waals surface area contributed by atoms with Crippen molar-refractivity contribution in [1.82, 2.24) is 4.98 Å². The summed E-state index contributed by atoms with van der Waals surface area (Å²) in [6.07, 6.45) is 1.81. The van der Waals surface area contributed by atoms with Crippen LogP contribution in [0.25, 0.3) is 0 Å². The Balaban J connectivity index is 1.85. The number of nitrogens with one attached hydrogen (secondary N) is 2. The molecule has 2 N–H and O–H groups in total. The van der Waals surface area contributed by atoms with Gasteiger partial charge in [0.1, 0.15) is 5.82 Å². The number of rotatable bonds is 3. The molecule has 1 atom stereocenters. The fraction of sp³-hybridized carbons (Fsp3) is 0.267. The Morgan fingerprint density at radius 3 is 3.00 bits per heavy atom. The van der Waals surface area contributed by atoms with E-state index in [0.717, 1.165) is 18.9 Å². The smallest absolute Gasteiger partial charge is 0.126 e. The van der Waals surface area contributed by atoms with E-state index in [-0.39, 0.29) is 3.42 Å². The molecule has 1 aliphatic rings. The van der Waals surface area contributed by atoms with Gasteiger partial charge in [-0.1, -0.05) is 40.8 Å². The van der Waals surface area contributed by atoms with Crippen molar-refractivity contribution in [3.63, 3.8) is 0 Å². The minimum atomic E-state index is 0.162. The molecular weight excluding hydrogens is 349 g/mol. The lowest BCUT2D eigenvalue weighted by molar-refractivity contribution is 0.803. The zero-order valence-corrected chi connectivity index (χ0v) is 12.9. The summed E-state index contributed by atoms with van der Waals surface area (Å²) in [6.45, 7) is 4.07. The van der Waals surface area contributed by atoms with Crippen molar-refractivity contribution in [3.8, 4) is 0 Å². The van der Waals surface area contributed by atoms with Gasteiger partial charge in [-0.3, -0.25) is 0 Å². The highest BCUT2D eigenvalue weighted by Gasteiger charge is 2.33. The van der Waals surface area contributed by atoms with Crippen molar-refractivity contribution in [2.45, 2.75) is 16.9 Å². The van der Waals surface area contributed by atoms with Crippen molar-refractivity contribution >= 4 is 34.1 Å². The van der Waals surface area contributed by atoms with E-state index in [1.165, 1.54) is 16.8 Å². The zero-order valence-electron chi connectivity index (χ0n) is 10.8. The van der Waals surface area contributed by atoms with Gasteiger partial charge in [-0.05, 0) is 36.2 Å². The van der Waals surface area contributed by atoms with Crippen LogP contribution in [0.5, 0.6) is 0 Å². The third-order valence-corrected chi connectivity index (χ3v) is 4.33. The largest absolute Gasteiger partial charge is 0.383 e. The molecule has 0 fully saturated rings. The van der Waals surface area contributed by atoms with Crippen LogP contribution in [0.1, 0.15) is 18.1 Å². The second-order valence-corrected chi connectivity index (χ2v) is 7.34. The number of aromatic nitrogens is 1. The first-order chi connectivity index (χ1) is 9.17. The zero-order chi connectivity index (χ0) is 13.3. The highest BCUT2D eigenvalue weighted by Crippen LogP contribution is 2.43. The first kappa shape index (κ1) is 12.7. The summed E-state index contributed by atoms with van der Waals surface area (Å²) in [6, 6.07) is 12.4. The summed E-state index contributed by atoms with van der Waals surface area (Å²) >= 11 is 2.53. The molecule has 19 heavy (non-hydrogen) atoms. The number of hydrogen-bond acceptors (Lipinski definition) is 3. The predicted octanol–water partition coefficient (Wildman–Crippen LogP) is 3.77. The molecule has 1 aromatic carbocycles. The number of halogens is 1. The molecule has 98 valence electrons. The predicted molar refractivity (Wildman–Crippen MR) is 87.9 cm³/mol. The number of anilines is 2. The van der Waals surface area contributed by atoms with E-state index in [0.29, 0.717) is 0 Å². The van der Waals surface area contributed by atoms with Gasteiger partial charge < -0.3 is 10.6 Å². The summed E-state index contributed by atoms with van der Waals surface area (Å²) in [5.41, 5.74) is 4.02. The molecule has 2 aromatic rings. The molecule has 3 rings (SSSR count). The fourth-order valence-corrected chi connectivity index (χ4v) is 3.34. The first-order valence-corrected chi connectivity index (χ1v) is 7.45. The molecule has 0 aliphatic carbocycles. The third-order valence-electron chi connectivity index (χ3n) is 3.41. The Kier molecular flexibility index (Phi) is 3.35. The van der Waals surface area contributed by atoms with Crippen molar-refractivity contribution in [2.24, 2.45) is 0 Å². The molecule has 0 amide bonds. The van der Waals surface area contributed by atoms with Crippen LogP contribution in [-0.2, 0) is 9.97 Å². The van der Waals surface area contributed by atoms with Gasteiger partial charge in [-0.25, -0.2) is 4.98 Å². The van der Waals surface area contributed by atoms with Crippen LogP contribution < -0.4 is 10.6 Å². The lowest BCUT2D eigenvalue weighted by atomic mass is 9.97. The van der Waals surface area contributed by atoms with E-state index in [4.69, 9.17) is 0 Å². The molecule has 0 saturated heterocycles. The van der Waals surface area contributed by atoms with E-state index in [1.54, 1.807) is 0 Å². The quantitative estimate of drug-likeness (QED) is 0.642. The molecule has 0 spiro atoms. The van der Waals surface area contributed by atoms with Gasteiger partial charge in [0.15, 0.2) is 0 Å². The number of hydrogen-bond donors (Lipinski definition) is 2. The molecule has 0 bridgehead atoms. The van der Waals surface area contributed by atoms with Gasteiger partial charge in [0.25, 0.3) is 0 Å². The van der Waals surface area contributed by atoms with Crippen molar-refractivity contribution < 1.29 is 0 Å². The highest BCUT2D eigenvalue weighted by molar-refractivity contribution is 14.1. The summed E-state index contributed by atoms with van der Waals surface area (Å²) in [4.78, 5) is 4.30. The van der Waals surface area contributed by atoms with Crippen molar-refractivity contribution in [2.75, 3.05) is 17.2 Å². The molecule has 0 saturated carbocycles. The van der Waals surface area contributed by atoms with Crippen LogP contribution >= 0.6 is 22.6 Å². The second-order valence-electron chi connectivity index (χ2n) is 4.96. The van der Waals surface area contributed by atoms with Gasteiger partial charge >= 0.3 is 0 Å². The van der Waals surface area contributed by atoms with Crippen molar-refractivity contribution in [3.05, 3.63) is 53.7 Å². The number of pyridine rings is 1. The van der Waals surface area contributed by atoms with Crippen LogP contribution in [-0.4, -0.2) is 11.5 Å². The summed E-state index contributed by atoms with van der Waals surface area (Å²) in [7, 11) is 0. The second kappa shape index (κ2) is 5.00. The average molecular weight is 365 g/mol. The highest BCUT2D eigenvalue weighted by atomic mass is 127. The average Bonchev–Trinajstić information content (AvgIpc) is 2.74. The first-order valence-electron chi connectivity index (χ1n) is 6.37. The fourth-order valence-electron chi connectivity index (χ4n) is 2.51. The maximum absolute atomic E-state index is 4.30. The Morgan fingerprint density at radius 1 is 1.32 bits per heavy atom. The Bertz CT molecular complexity index is 581. The molecular formula is C15H16IN3. The molecule has 1 aromatic heterocycles. The lowest BCUT2D eigenvalue weighted by Crippen LogP contribution is -2.17. The molecule has 1 aliphatic heterocycles. The van der Waals surface area contributed by atoms with Gasteiger partial charge in [-0.15, -0.1) is 0 Å². The van der Waals surface area contributed by atoms with E-state index >= 15 is 0 Å². The molecule has 2 heterocycles. The van der Waals surface area contributed by atoms with Crippen LogP contribution in [0.2, 0.25) is 0 Å². The Labute approximate surface area is 127 Å². The van der Waals surface area contributed by atoms with Gasteiger partial charge in [0, 0.05) is 25.0 Å². The van der Waals surface area contributed by atoms with E-state index in [1.807, 2.05) is 24.4 Å². The molecule has 3 nitrogen and oxygen atoms in total. The van der Waals surface area contributed by atoms with E-state index in [2.05, 4.69) is 63.3 Å². The van der Waals surface area contributed by atoms with Crippen LogP contribution in [0.4, 0.5) is 11.5 Å². The van der Waals surface area contributed by atoms with Gasteiger partial charge in [0.2, 0.25) is 0 Å². The van der Waals surface area contributed by atoms with E-state index in [9.17, 15) is 0 Å². The van der Waals surface area contributed by atoms with Crippen LogP contribution in [0.3, 0.4) is 0 Å². The minimum Gasteiger partial charge on any atom is -0.383 e. The maximum Gasteiger partial charge on any atom is 0.126 e. The number of alkyl halides is 1.